The third-order valence-corrected chi connectivity index (χ3v) is 4.54. The first kappa shape index (κ1) is 17.8. The fourth-order valence-electron chi connectivity index (χ4n) is 3.15. The van der Waals surface area contributed by atoms with Crippen molar-refractivity contribution in [2.45, 2.75) is 19.3 Å². The predicted octanol–water partition coefficient (Wildman–Crippen LogP) is 2.15. The van der Waals surface area contributed by atoms with E-state index in [1.807, 2.05) is 11.0 Å². The minimum absolute atomic E-state index is 0.106. The van der Waals surface area contributed by atoms with Crippen LogP contribution in [0.3, 0.4) is 0 Å². The molecular formula is C19H22N4O3. The molecule has 0 bridgehead atoms. The summed E-state index contributed by atoms with van der Waals surface area (Å²) in [6, 6.07) is 9.02. The maximum atomic E-state index is 12.4. The van der Waals surface area contributed by atoms with Gasteiger partial charge in [-0.05, 0) is 31.0 Å². The van der Waals surface area contributed by atoms with E-state index in [0.29, 0.717) is 36.6 Å². The highest BCUT2D eigenvalue weighted by atomic mass is 16.5. The average molecular weight is 354 g/mol. The minimum Gasteiger partial charge on any atom is -0.493 e. The summed E-state index contributed by atoms with van der Waals surface area (Å²) in [5, 5.41) is 15.7. The Morgan fingerprint density at radius 3 is 3.04 bits per heavy atom. The quantitative estimate of drug-likeness (QED) is 0.858. The van der Waals surface area contributed by atoms with Crippen molar-refractivity contribution in [3.63, 3.8) is 0 Å². The first-order valence-corrected chi connectivity index (χ1v) is 8.66. The molecule has 1 aromatic carbocycles. The topological polar surface area (TPSA) is 91.2 Å². The predicted molar refractivity (Wildman–Crippen MR) is 94.8 cm³/mol. The van der Waals surface area contributed by atoms with Gasteiger partial charge in [0.15, 0.2) is 11.5 Å². The second kappa shape index (κ2) is 8.39. The van der Waals surface area contributed by atoms with Gasteiger partial charge >= 0.3 is 0 Å². The lowest BCUT2D eigenvalue weighted by atomic mass is 9.98. The summed E-state index contributed by atoms with van der Waals surface area (Å²) in [6.07, 6.45) is 3.98. The summed E-state index contributed by atoms with van der Waals surface area (Å²) in [5.74, 6) is 1.55. The molecule has 3 rings (SSSR count). The average Bonchev–Trinajstić information content (AvgIpc) is 3.19. The molecule has 1 fully saturated rings. The molecule has 1 unspecified atom stereocenters. The lowest BCUT2D eigenvalue weighted by Crippen LogP contribution is -2.42. The normalized spacial score (nSPS) is 16.8. The number of rotatable bonds is 6. The number of benzene rings is 1. The van der Waals surface area contributed by atoms with Crippen molar-refractivity contribution in [2.24, 2.45) is 5.92 Å². The van der Waals surface area contributed by atoms with Crippen LogP contribution in [-0.4, -0.2) is 47.8 Å². The van der Waals surface area contributed by atoms with E-state index < -0.39 is 0 Å². The number of carbonyl (C=O) groups excluding carboxylic acids is 1. The number of amides is 1. The van der Waals surface area contributed by atoms with Crippen molar-refractivity contribution < 1.29 is 14.3 Å². The number of aromatic nitrogens is 2. The molecule has 1 aliphatic rings. The molecule has 0 saturated carbocycles. The van der Waals surface area contributed by atoms with Gasteiger partial charge in [-0.1, -0.05) is 0 Å². The third kappa shape index (κ3) is 4.33. The molecule has 1 aromatic heterocycles. The molecule has 2 heterocycles. The first-order chi connectivity index (χ1) is 12.7. The number of hydrogen-bond acceptors (Lipinski definition) is 5. The maximum Gasteiger partial charge on any atom is 0.228 e. The molecule has 1 atom stereocenters. The lowest BCUT2D eigenvalue weighted by molar-refractivity contribution is -0.132. The molecule has 1 amide bonds. The number of nitriles is 1. The highest BCUT2D eigenvalue weighted by Gasteiger charge is 2.24. The van der Waals surface area contributed by atoms with Gasteiger partial charge in [0, 0.05) is 37.0 Å². The zero-order chi connectivity index (χ0) is 18.4. The third-order valence-electron chi connectivity index (χ3n) is 4.54. The Morgan fingerprint density at radius 2 is 2.31 bits per heavy atom. The Kier molecular flexibility index (Phi) is 5.74. The Morgan fingerprint density at radius 1 is 1.42 bits per heavy atom. The Balaban J connectivity index is 1.55. The van der Waals surface area contributed by atoms with E-state index in [0.717, 1.165) is 25.1 Å². The number of nitrogens with zero attached hydrogens (tertiary/aromatic N) is 3. The molecule has 0 aliphatic carbocycles. The van der Waals surface area contributed by atoms with Crippen molar-refractivity contribution in [3.8, 4) is 17.6 Å². The van der Waals surface area contributed by atoms with Crippen LogP contribution in [0.5, 0.6) is 11.5 Å². The van der Waals surface area contributed by atoms with Crippen LogP contribution in [0.1, 0.15) is 24.1 Å². The van der Waals surface area contributed by atoms with Gasteiger partial charge in [-0.3, -0.25) is 9.89 Å². The van der Waals surface area contributed by atoms with Gasteiger partial charge in [-0.2, -0.15) is 10.4 Å². The maximum absolute atomic E-state index is 12.4. The van der Waals surface area contributed by atoms with Crippen molar-refractivity contribution in [1.29, 1.82) is 5.26 Å². The Labute approximate surface area is 152 Å². The van der Waals surface area contributed by atoms with Crippen LogP contribution in [0.4, 0.5) is 0 Å². The number of ether oxygens (including phenoxy) is 2. The van der Waals surface area contributed by atoms with Crippen molar-refractivity contribution in [2.75, 3.05) is 26.8 Å². The van der Waals surface area contributed by atoms with Gasteiger partial charge in [-0.25, -0.2) is 0 Å². The number of hydrogen-bond donors (Lipinski definition) is 1. The monoisotopic (exact) mass is 354 g/mol. The number of H-pyrrole nitrogens is 1. The van der Waals surface area contributed by atoms with Gasteiger partial charge in [0.1, 0.15) is 0 Å². The van der Waals surface area contributed by atoms with Crippen LogP contribution in [0.25, 0.3) is 0 Å². The molecule has 0 radical (unpaired) electrons. The van der Waals surface area contributed by atoms with E-state index in [-0.39, 0.29) is 11.8 Å². The van der Waals surface area contributed by atoms with E-state index >= 15 is 0 Å². The van der Waals surface area contributed by atoms with Crippen LogP contribution in [0.2, 0.25) is 0 Å². The number of methoxy groups -OCH3 is 1. The zero-order valence-corrected chi connectivity index (χ0v) is 14.8. The van der Waals surface area contributed by atoms with Crippen LogP contribution >= 0.6 is 0 Å². The van der Waals surface area contributed by atoms with Crippen molar-refractivity contribution >= 4 is 5.91 Å². The van der Waals surface area contributed by atoms with Crippen molar-refractivity contribution in [1.82, 2.24) is 15.1 Å². The van der Waals surface area contributed by atoms with Gasteiger partial charge in [-0.15, -0.1) is 0 Å². The molecule has 1 saturated heterocycles. The fourth-order valence-corrected chi connectivity index (χ4v) is 3.15. The Hall–Kier alpha value is -3.01. The summed E-state index contributed by atoms with van der Waals surface area (Å²) in [4.78, 5) is 14.3. The Bertz CT molecular complexity index is 783. The lowest BCUT2D eigenvalue weighted by Gasteiger charge is -2.32. The molecule has 7 heteroatoms. The smallest absolute Gasteiger partial charge is 0.228 e. The molecule has 2 aromatic rings. The number of nitrogens with one attached hydrogen (secondary N) is 1. The molecule has 1 aliphatic heterocycles. The molecule has 7 nitrogen and oxygen atoms in total. The van der Waals surface area contributed by atoms with Gasteiger partial charge in [0.25, 0.3) is 0 Å². The van der Waals surface area contributed by atoms with Gasteiger partial charge in [0.2, 0.25) is 5.91 Å². The van der Waals surface area contributed by atoms with Gasteiger partial charge in [0.05, 0.1) is 31.8 Å². The second-order valence-electron chi connectivity index (χ2n) is 6.40. The van der Waals surface area contributed by atoms with Crippen molar-refractivity contribution in [3.05, 3.63) is 41.7 Å². The van der Waals surface area contributed by atoms with Crippen LogP contribution < -0.4 is 9.47 Å². The van der Waals surface area contributed by atoms with E-state index in [9.17, 15) is 4.79 Å². The SMILES string of the molecule is COc1cc(C#N)ccc1OCC1CCCN(C(=O)Cc2ccn[nH]2)C1. The number of carbonyl (C=O) groups is 1. The molecule has 1 N–H and O–H groups in total. The van der Waals surface area contributed by atoms with Crippen LogP contribution in [0.15, 0.2) is 30.5 Å². The summed E-state index contributed by atoms with van der Waals surface area (Å²) < 4.78 is 11.2. The highest BCUT2D eigenvalue weighted by Crippen LogP contribution is 2.29. The fraction of sp³-hybridized carbons (Fsp3) is 0.421. The summed E-state index contributed by atoms with van der Waals surface area (Å²) in [5.41, 5.74) is 1.36. The minimum atomic E-state index is 0.106. The summed E-state index contributed by atoms with van der Waals surface area (Å²) in [7, 11) is 1.56. The van der Waals surface area contributed by atoms with E-state index in [1.165, 1.54) is 0 Å². The van der Waals surface area contributed by atoms with Crippen LogP contribution in [0, 0.1) is 17.2 Å². The molecular weight excluding hydrogens is 332 g/mol. The molecule has 0 spiro atoms. The molecule has 136 valence electrons. The largest absolute Gasteiger partial charge is 0.493 e. The van der Waals surface area contributed by atoms with Gasteiger partial charge < -0.3 is 14.4 Å². The second-order valence-corrected chi connectivity index (χ2v) is 6.40. The number of aromatic amines is 1. The summed E-state index contributed by atoms with van der Waals surface area (Å²) in [6.45, 7) is 1.98. The number of likely N-dealkylation sites (tertiary alicyclic amines) is 1. The van der Waals surface area contributed by atoms with E-state index in [1.54, 1.807) is 31.5 Å². The standard InChI is InChI=1S/C19H22N4O3/c1-25-18-9-14(11-20)4-5-17(18)26-13-15-3-2-8-23(12-15)19(24)10-16-6-7-21-22-16/h4-7,9,15H,2-3,8,10,12-13H2,1H3,(H,21,22). The highest BCUT2D eigenvalue weighted by molar-refractivity contribution is 5.78. The van der Waals surface area contributed by atoms with E-state index in [4.69, 9.17) is 14.7 Å². The molecule has 26 heavy (non-hydrogen) atoms. The number of piperidine rings is 1. The van der Waals surface area contributed by atoms with Crippen LogP contribution in [-0.2, 0) is 11.2 Å². The van der Waals surface area contributed by atoms with E-state index in [2.05, 4.69) is 16.3 Å². The first-order valence-electron chi connectivity index (χ1n) is 8.66. The summed E-state index contributed by atoms with van der Waals surface area (Å²) >= 11 is 0. The zero-order valence-electron chi connectivity index (χ0n) is 14.8.